The molecule has 2 aromatic carbocycles. The predicted octanol–water partition coefficient (Wildman–Crippen LogP) is 4.00. The predicted molar refractivity (Wildman–Crippen MR) is 112 cm³/mol. The number of hydrogen-bond acceptors (Lipinski definition) is 5. The van der Waals surface area contributed by atoms with Crippen LogP contribution < -0.4 is 9.62 Å². The summed E-state index contributed by atoms with van der Waals surface area (Å²) in [4.78, 5) is 2.30. The maximum Gasteiger partial charge on any atom is 0.263 e. The van der Waals surface area contributed by atoms with Crippen molar-refractivity contribution in [2.75, 3.05) is 9.62 Å². The fourth-order valence-corrected chi connectivity index (χ4v) is 3.75. The summed E-state index contributed by atoms with van der Waals surface area (Å²) in [6, 6.07) is 20.4. The Kier molecular flexibility index (Phi) is 5.94. The number of hydrogen-bond donors (Lipinski definition) is 1. The van der Waals surface area contributed by atoms with Crippen molar-refractivity contribution in [2.45, 2.75) is 38.3 Å². The zero-order valence-corrected chi connectivity index (χ0v) is 17.0. The molecule has 7 heteroatoms. The van der Waals surface area contributed by atoms with E-state index in [4.69, 9.17) is 0 Å². The van der Waals surface area contributed by atoms with Crippen molar-refractivity contribution in [2.24, 2.45) is 0 Å². The normalized spacial score (nSPS) is 11.4. The van der Waals surface area contributed by atoms with Gasteiger partial charge in [-0.3, -0.25) is 4.72 Å². The molecule has 1 aromatic heterocycles. The molecule has 0 spiro atoms. The van der Waals surface area contributed by atoms with Crippen LogP contribution in [0.3, 0.4) is 0 Å². The van der Waals surface area contributed by atoms with Crippen LogP contribution >= 0.6 is 0 Å². The van der Waals surface area contributed by atoms with E-state index in [1.54, 1.807) is 36.4 Å². The number of aromatic nitrogens is 2. The van der Waals surface area contributed by atoms with Crippen molar-refractivity contribution in [3.05, 3.63) is 77.9 Å². The number of rotatable bonds is 7. The molecule has 0 amide bonds. The molecule has 6 nitrogen and oxygen atoms in total. The number of aryl methyl sites for hydroxylation is 1. The molecule has 1 heterocycles. The minimum Gasteiger partial charge on any atom is -0.348 e. The first kappa shape index (κ1) is 19.8. The van der Waals surface area contributed by atoms with Crippen molar-refractivity contribution < 1.29 is 8.42 Å². The summed E-state index contributed by atoms with van der Waals surface area (Å²) < 4.78 is 27.5. The average molecular weight is 397 g/mol. The Labute approximate surface area is 166 Å². The van der Waals surface area contributed by atoms with E-state index < -0.39 is 10.0 Å². The van der Waals surface area contributed by atoms with Gasteiger partial charge in [0.2, 0.25) is 0 Å². The fourth-order valence-electron chi connectivity index (χ4n) is 2.76. The van der Waals surface area contributed by atoms with Gasteiger partial charge in [0.25, 0.3) is 10.0 Å². The topological polar surface area (TPSA) is 75.2 Å². The SMILES string of the molecule is Cc1ccc(S(=O)(=O)Nc2ccc(N(Cc3ccccc3)C(C)C)nn2)cc1. The zero-order chi connectivity index (χ0) is 20.1. The molecular weight excluding hydrogens is 372 g/mol. The minimum absolute atomic E-state index is 0.188. The van der Waals surface area contributed by atoms with E-state index in [-0.39, 0.29) is 16.8 Å². The van der Waals surface area contributed by atoms with Gasteiger partial charge in [-0.15, -0.1) is 10.2 Å². The van der Waals surface area contributed by atoms with Crippen LogP contribution in [0.2, 0.25) is 0 Å². The maximum absolute atomic E-state index is 12.5. The largest absolute Gasteiger partial charge is 0.348 e. The number of anilines is 2. The molecule has 28 heavy (non-hydrogen) atoms. The van der Waals surface area contributed by atoms with Gasteiger partial charge in [-0.1, -0.05) is 48.0 Å². The van der Waals surface area contributed by atoms with Crippen molar-refractivity contribution in [3.63, 3.8) is 0 Å². The molecule has 0 aliphatic carbocycles. The standard InChI is InChI=1S/C21H24N4O2S/c1-16(2)25(15-18-7-5-4-6-8-18)21-14-13-20(22-23-21)24-28(26,27)19-11-9-17(3)10-12-19/h4-14,16H,15H2,1-3H3,(H,22,24). The van der Waals surface area contributed by atoms with Crippen LogP contribution in [-0.2, 0) is 16.6 Å². The van der Waals surface area contributed by atoms with Gasteiger partial charge in [-0.2, -0.15) is 0 Å². The van der Waals surface area contributed by atoms with E-state index in [2.05, 4.69) is 45.8 Å². The number of sulfonamides is 1. The Morgan fingerprint density at radius 1 is 0.929 bits per heavy atom. The van der Waals surface area contributed by atoms with Crippen LogP contribution in [0.15, 0.2) is 71.6 Å². The Morgan fingerprint density at radius 2 is 1.61 bits per heavy atom. The third kappa shape index (κ3) is 4.86. The molecule has 0 saturated heterocycles. The maximum atomic E-state index is 12.5. The van der Waals surface area contributed by atoms with Gasteiger partial charge in [0.15, 0.2) is 11.6 Å². The van der Waals surface area contributed by atoms with Crippen LogP contribution in [0.1, 0.15) is 25.0 Å². The first-order valence-corrected chi connectivity index (χ1v) is 10.6. The Morgan fingerprint density at radius 3 is 2.18 bits per heavy atom. The highest BCUT2D eigenvalue weighted by molar-refractivity contribution is 7.92. The second-order valence-corrected chi connectivity index (χ2v) is 8.58. The van der Waals surface area contributed by atoms with E-state index in [0.29, 0.717) is 12.4 Å². The summed E-state index contributed by atoms with van der Waals surface area (Å²) in [5, 5.41) is 8.31. The highest BCUT2D eigenvalue weighted by Crippen LogP contribution is 2.20. The summed E-state index contributed by atoms with van der Waals surface area (Å²) in [5.74, 6) is 0.880. The van der Waals surface area contributed by atoms with Crippen LogP contribution in [-0.4, -0.2) is 24.7 Å². The Bertz CT molecular complexity index is 1000. The summed E-state index contributed by atoms with van der Waals surface area (Å²) >= 11 is 0. The van der Waals surface area contributed by atoms with E-state index in [9.17, 15) is 8.42 Å². The smallest absolute Gasteiger partial charge is 0.263 e. The summed E-state index contributed by atoms with van der Waals surface area (Å²) in [7, 11) is -3.69. The molecule has 0 fully saturated rings. The van der Waals surface area contributed by atoms with Crippen molar-refractivity contribution in [1.82, 2.24) is 10.2 Å². The van der Waals surface area contributed by atoms with Crippen LogP contribution in [0.4, 0.5) is 11.6 Å². The highest BCUT2D eigenvalue weighted by atomic mass is 32.2. The molecule has 0 saturated carbocycles. The Balaban J connectivity index is 1.77. The van der Waals surface area contributed by atoms with Crippen LogP contribution in [0.5, 0.6) is 0 Å². The van der Waals surface area contributed by atoms with E-state index >= 15 is 0 Å². The molecule has 0 atom stereocenters. The molecule has 0 radical (unpaired) electrons. The van der Waals surface area contributed by atoms with Crippen molar-refractivity contribution in [3.8, 4) is 0 Å². The average Bonchev–Trinajstić information content (AvgIpc) is 2.67. The molecular formula is C21H24N4O2S. The number of nitrogens with zero attached hydrogens (tertiary/aromatic N) is 3. The van der Waals surface area contributed by atoms with Crippen LogP contribution in [0.25, 0.3) is 0 Å². The molecule has 1 N–H and O–H groups in total. The third-order valence-corrected chi connectivity index (χ3v) is 5.70. The molecule has 0 aliphatic heterocycles. The van der Waals surface area contributed by atoms with Gasteiger partial charge >= 0.3 is 0 Å². The molecule has 146 valence electrons. The molecule has 3 rings (SSSR count). The lowest BCUT2D eigenvalue weighted by Crippen LogP contribution is -2.31. The summed E-state index contributed by atoms with van der Waals surface area (Å²) in [6.45, 7) is 6.77. The van der Waals surface area contributed by atoms with Gasteiger partial charge in [0.05, 0.1) is 4.90 Å². The van der Waals surface area contributed by atoms with Gasteiger partial charge in [-0.25, -0.2) is 8.42 Å². The first-order valence-electron chi connectivity index (χ1n) is 9.09. The lowest BCUT2D eigenvalue weighted by Gasteiger charge is -2.27. The zero-order valence-electron chi connectivity index (χ0n) is 16.2. The van der Waals surface area contributed by atoms with Gasteiger partial charge in [0, 0.05) is 12.6 Å². The van der Waals surface area contributed by atoms with Crippen LogP contribution in [0, 0.1) is 6.92 Å². The molecule has 0 aliphatic rings. The number of nitrogens with one attached hydrogen (secondary N) is 1. The van der Waals surface area contributed by atoms with E-state index in [0.717, 1.165) is 5.56 Å². The van der Waals surface area contributed by atoms with Gasteiger partial charge in [-0.05, 0) is 50.6 Å². The van der Waals surface area contributed by atoms with Crippen molar-refractivity contribution in [1.29, 1.82) is 0 Å². The first-order chi connectivity index (χ1) is 13.3. The molecule has 0 unspecified atom stereocenters. The highest BCUT2D eigenvalue weighted by Gasteiger charge is 2.17. The monoisotopic (exact) mass is 396 g/mol. The summed E-state index contributed by atoms with van der Waals surface area (Å²) in [5.41, 5.74) is 2.16. The lowest BCUT2D eigenvalue weighted by atomic mass is 10.2. The Hall–Kier alpha value is -2.93. The quantitative estimate of drug-likeness (QED) is 0.653. The summed E-state index contributed by atoms with van der Waals surface area (Å²) in [6.07, 6.45) is 0. The minimum atomic E-state index is -3.69. The van der Waals surface area contributed by atoms with Gasteiger partial charge in [0.1, 0.15) is 0 Å². The second kappa shape index (κ2) is 8.39. The van der Waals surface area contributed by atoms with Gasteiger partial charge < -0.3 is 4.90 Å². The molecule has 0 bridgehead atoms. The fraction of sp³-hybridized carbons (Fsp3) is 0.238. The van der Waals surface area contributed by atoms with E-state index in [1.165, 1.54) is 5.56 Å². The second-order valence-electron chi connectivity index (χ2n) is 6.90. The number of benzene rings is 2. The molecule has 3 aromatic rings. The van der Waals surface area contributed by atoms with Crippen molar-refractivity contribution >= 4 is 21.7 Å². The third-order valence-electron chi connectivity index (χ3n) is 4.33. The lowest BCUT2D eigenvalue weighted by molar-refractivity contribution is 0.601. The van der Waals surface area contributed by atoms with E-state index in [1.807, 2.05) is 25.1 Å².